The minimum atomic E-state index is -0.371. The topological polar surface area (TPSA) is 12.5 Å². The van der Waals surface area contributed by atoms with Crippen LogP contribution in [0.2, 0.25) is 0 Å². The predicted molar refractivity (Wildman–Crippen MR) is 71.6 cm³/mol. The van der Waals surface area contributed by atoms with Crippen LogP contribution in [-0.2, 0) is 0 Å². The van der Waals surface area contributed by atoms with Gasteiger partial charge in [0, 0.05) is 24.8 Å². The monoisotopic (exact) mass is 247 g/mol. The summed E-state index contributed by atoms with van der Waals surface area (Å²) in [5.41, 5.74) is 1.09. The zero-order chi connectivity index (χ0) is 13.0. The van der Waals surface area contributed by atoms with E-state index in [1.165, 1.54) is 12.5 Å². The second-order valence-corrected chi connectivity index (χ2v) is 4.43. The molecule has 0 amide bonds. The van der Waals surface area contributed by atoms with Crippen molar-refractivity contribution in [2.75, 3.05) is 24.6 Å². The average molecular weight is 247 g/mol. The van der Waals surface area contributed by atoms with Crippen molar-refractivity contribution in [2.24, 2.45) is 0 Å². The molecule has 0 atom stereocenters. The Morgan fingerprint density at radius 1 is 1.33 bits per heavy atom. The van der Waals surface area contributed by atoms with Crippen molar-refractivity contribution in [2.45, 2.75) is 26.2 Å². The fourth-order valence-electron chi connectivity index (χ4n) is 2.31. The van der Waals surface area contributed by atoms with Gasteiger partial charge in [0.1, 0.15) is 17.1 Å². The first-order valence-corrected chi connectivity index (χ1v) is 6.44. The molecule has 0 radical (unpaired) electrons. The number of piperidine rings is 1. The summed E-state index contributed by atoms with van der Waals surface area (Å²) in [5, 5.41) is 0. The highest BCUT2D eigenvalue weighted by atomic mass is 19.1. The Labute approximate surface area is 108 Å². The van der Waals surface area contributed by atoms with Crippen molar-refractivity contribution in [1.82, 2.24) is 0 Å². The Hall–Kier alpha value is -1.69. The highest BCUT2D eigenvalue weighted by molar-refractivity contribution is 5.58. The number of ether oxygens (including phenoxy) is 1. The van der Waals surface area contributed by atoms with Crippen LogP contribution < -0.4 is 9.64 Å². The molecule has 18 heavy (non-hydrogen) atoms. The first-order valence-electron chi connectivity index (χ1n) is 6.44. The lowest BCUT2D eigenvalue weighted by Gasteiger charge is -2.29. The molecule has 0 unspecified atom stereocenters. The number of halogens is 1. The molecule has 1 fully saturated rings. The molecule has 0 saturated carbocycles. The van der Waals surface area contributed by atoms with Crippen molar-refractivity contribution in [3.8, 4) is 18.1 Å². The first-order chi connectivity index (χ1) is 8.76. The Kier molecular flexibility index (Phi) is 4.09. The van der Waals surface area contributed by atoms with Gasteiger partial charge in [-0.25, -0.2) is 4.39 Å². The van der Waals surface area contributed by atoms with E-state index in [0.29, 0.717) is 12.4 Å². The van der Waals surface area contributed by atoms with Gasteiger partial charge < -0.3 is 9.64 Å². The second kappa shape index (κ2) is 5.77. The van der Waals surface area contributed by atoms with E-state index >= 15 is 0 Å². The molecular formula is C15H18FNO. The smallest absolute Gasteiger partial charge is 0.144 e. The van der Waals surface area contributed by atoms with Crippen LogP contribution in [-0.4, -0.2) is 19.7 Å². The largest absolute Gasteiger partial charge is 0.492 e. The summed E-state index contributed by atoms with van der Waals surface area (Å²) in [4.78, 5) is 2.19. The van der Waals surface area contributed by atoms with Gasteiger partial charge >= 0.3 is 0 Å². The summed E-state index contributed by atoms with van der Waals surface area (Å²) in [7, 11) is 0. The van der Waals surface area contributed by atoms with Crippen LogP contribution >= 0.6 is 0 Å². The Balaban J connectivity index is 2.34. The summed E-state index contributed by atoms with van der Waals surface area (Å²) in [6.07, 6.45) is 8.89. The predicted octanol–water partition coefficient (Wildman–Crippen LogP) is 3.20. The number of rotatable bonds is 3. The molecular weight excluding hydrogens is 229 g/mol. The molecule has 1 aliphatic heterocycles. The number of hydrogen-bond donors (Lipinski definition) is 0. The van der Waals surface area contributed by atoms with Gasteiger partial charge in [-0.15, -0.1) is 6.42 Å². The molecule has 1 saturated heterocycles. The van der Waals surface area contributed by atoms with E-state index in [1.807, 2.05) is 13.0 Å². The lowest BCUT2D eigenvalue weighted by molar-refractivity contribution is 0.337. The van der Waals surface area contributed by atoms with Gasteiger partial charge in [0.25, 0.3) is 0 Å². The van der Waals surface area contributed by atoms with Crippen molar-refractivity contribution < 1.29 is 9.13 Å². The Morgan fingerprint density at radius 3 is 2.67 bits per heavy atom. The number of hydrogen-bond acceptors (Lipinski definition) is 2. The van der Waals surface area contributed by atoms with Crippen LogP contribution in [0.4, 0.5) is 10.1 Å². The number of terminal acetylenes is 1. The average Bonchev–Trinajstić information content (AvgIpc) is 2.40. The molecule has 0 spiro atoms. The number of nitrogens with zero attached hydrogens (tertiary/aromatic N) is 1. The highest BCUT2D eigenvalue weighted by Gasteiger charge is 2.16. The van der Waals surface area contributed by atoms with E-state index in [4.69, 9.17) is 11.2 Å². The summed E-state index contributed by atoms with van der Waals surface area (Å²) in [6.45, 7) is 4.30. The standard InChI is InChI=1S/C15H18FNO/c1-3-13-14(16)10-12(11-15(13)18-4-2)17-8-6-5-7-9-17/h1,10-11H,4-9H2,2H3. The maximum absolute atomic E-state index is 13.9. The Bertz CT molecular complexity index is 458. The summed E-state index contributed by atoms with van der Waals surface area (Å²) < 4.78 is 19.4. The SMILES string of the molecule is C#Cc1c(F)cc(N2CCCCC2)cc1OCC. The third-order valence-corrected chi connectivity index (χ3v) is 3.20. The van der Waals surface area contributed by atoms with Crippen molar-refractivity contribution in [3.63, 3.8) is 0 Å². The molecule has 1 aliphatic rings. The molecule has 0 N–H and O–H groups in total. The van der Waals surface area contributed by atoms with Gasteiger partial charge in [0.15, 0.2) is 0 Å². The van der Waals surface area contributed by atoms with Crippen molar-refractivity contribution in [3.05, 3.63) is 23.5 Å². The van der Waals surface area contributed by atoms with Gasteiger partial charge in [-0.2, -0.15) is 0 Å². The van der Waals surface area contributed by atoms with Crippen LogP contribution in [0.5, 0.6) is 5.75 Å². The molecule has 3 heteroatoms. The third-order valence-electron chi connectivity index (χ3n) is 3.20. The van der Waals surface area contributed by atoms with Gasteiger partial charge in [-0.1, -0.05) is 5.92 Å². The van der Waals surface area contributed by atoms with Crippen LogP contribution in [0.1, 0.15) is 31.7 Å². The molecule has 2 nitrogen and oxygen atoms in total. The maximum atomic E-state index is 13.9. The minimum Gasteiger partial charge on any atom is -0.492 e. The number of anilines is 1. The van der Waals surface area contributed by atoms with Gasteiger partial charge in [-0.3, -0.25) is 0 Å². The van der Waals surface area contributed by atoms with E-state index < -0.39 is 0 Å². The van der Waals surface area contributed by atoms with Crippen LogP contribution in [0.15, 0.2) is 12.1 Å². The molecule has 2 rings (SSSR count). The van der Waals surface area contributed by atoms with Gasteiger partial charge in [-0.05, 0) is 32.3 Å². The number of benzene rings is 1. The molecule has 1 aromatic rings. The zero-order valence-corrected chi connectivity index (χ0v) is 10.7. The van der Waals surface area contributed by atoms with Crippen molar-refractivity contribution in [1.29, 1.82) is 0 Å². The molecule has 0 aliphatic carbocycles. The zero-order valence-electron chi connectivity index (χ0n) is 10.7. The van der Waals surface area contributed by atoms with Crippen LogP contribution in [0.25, 0.3) is 0 Å². The third kappa shape index (κ3) is 2.59. The Morgan fingerprint density at radius 2 is 2.06 bits per heavy atom. The fraction of sp³-hybridized carbons (Fsp3) is 0.467. The highest BCUT2D eigenvalue weighted by Crippen LogP contribution is 2.29. The maximum Gasteiger partial charge on any atom is 0.144 e. The van der Waals surface area contributed by atoms with E-state index in [1.54, 1.807) is 0 Å². The van der Waals surface area contributed by atoms with Crippen LogP contribution in [0.3, 0.4) is 0 Å². The molecule has 96 valence electrons. The van der Waals surface area contributed by atoms with Gasteiger partial charge in [0.2, 0.25) is 0 Å². The first kappa shape index (κ1) is 12.8. The van der Waals surface area contributed by atoms with Crippen molar-refractivity contribution >= 4 is 5.69 Å². The molecule has 0 aromatic heterocycles. The summed E-state index contributed by atoms with van der Waals surface area (Å²) in [6, 6.07) is 3.37. The van der Waals surface area contributed by atoms with E-state index in [-0.39, 0.29) is 11.4 Å². The van der Waals surface area contributed by atoms with E-state index in [2.05, 4.69) is 10.8 Å². The van der Waals surface area contributed by atoms with Gasteiger partial charge in [0.05, 0.1) is 6.61 Å². The summed E-state index contributed by atoms with van der Waals surface area (Å²) >= 11 is 0. The summed E-state index contributed by atoms with van der Waals surface area (Å²) in [5.74, 6) is 2.46. The minimum absolute atomic E-state index is 0.220. The lowest BCUT2D eigenvalue weighted by Crippen LogP contribution is -2.29. The molecule has 0 bridgehead atoms. The van der Waals surface area contributed by atoms with E-state index in [9.17, 15) is 4.39 Å². The normalized spacial score (nSPS) is 15.3. The second-order valence-electron chi connectivity index (χ2n) is 4.43. The fourth-order valence-corrected chi connectivity index (χ4v) is 2.31. The molecule has 1 heterocycles. The molecule has 1 aromatic carbocycles. The van der Waals surface area contributed by atoms with E-state index in [0.717, 1.165) is 31.6 Å². The van der Waals surface area contributed by atoms with Crippen LogP contribution in [0, 0.1) is 18.2 Å². The lowest BCUT2D eigenvalue weighted by atomic mass is 10.1. The quantitative estimate of drug-likeness (QED) is 0.761.